The highest BCUT2D eigenvalue weighted by Gasteiger charge is 2.54. The summed E-state index contributed by atoms with van der Waals surface area (Å²) in [6, 6.07) is 15.8. The minimum absolute atomic E-state index is 0.0599. The number of carbonyl (C=O) groups excluding carboxylic acids is 4. The first-order chi connectivity index (χ1) is 34.7. The fourth-order valence-electron chi connectivity index (χ4n) is 11.0. The van der Waals surface area contributed by atoms with E-state index < -0.39 is 17.6 Å². The molecule has 4 saturated heterocycles. The van der Waals surface area contributed by atoms with Crippen molar-refractivity contribution < 1.29 is 29.0 Å². The number of anilines is 2. The molecule has 72 heavy (non-hydrogen) atoms. The van der Waals surface area contributed by atoms with E-state index in [9.17, 15) is 24.3 Å². The lowest BCUT2D eigenvalue weighted by Gasteiger charge is -2.61. The van der Waals surface area contributed by atoms with Crippen LogP contribution in [-0.2, 0) is 26.2 Å². The van der Waals surface area contributed by atoms with Gasteiger partial charge in [0.1, 0.15) is 29.7 Å². The van der Waals surface area contributed by atoms with Crippen LogP contribution in [0.1, 0.15) is 89.0 Å². The molecular formula is C53H63Cl2N11O6. The zero-order valence-corrected chi connectivity index (χ0v) is 43.0. The standard InChI is InChI=1S/C51H57Cl2N11O6.C2H6/c1-31(45-39(52)25-55-26-40(45)53)70-35-8-10-41-38(22-35)46(58-57-41)33-6-11-43(56-24-33)63-27-50(28-63)29-64(30-50)49(68)32-12-16-62(17-13-32)44(66)23-51(69)14-18-61(19-15-51)34-7-9-36-42(21-34)60(3)59-47(36)37(5-4-20-65)48(67)54-2;1-2/h6-11,20-22,24-26,31-32,37,69H,4-5,12-19,23,27-30H2,1-3H3,(H,54,67)(H,57,58);1-2H3/t31-,37?;/m1./s1. The number of amides is 3. The second-order valence-electron chi connectivity index (χ2n) is 19.7. The zero-order chi connectivity index (χ0) is 50.9. The van der Waals surface area contributed by atoms with Crippen LogP contribution < -0.4 is 19.9 Å². The van der Waals surface area contributed by atoms with Gasteiger partial charge in [0.05, 0.1) is 44.7 Å². The Labute approximate surface area is 429 Å². The van der Waals surface area contributed by atoms with Crippen molar-refractivity contribution in [1.82, 2.24) is 45.1 Å². The van der Waals surface area contributed by atoms with Gasteiger partial charge in [-0.1, -0.05) is 37.0 Å². The summed E-state index contributed by atoms with van der Waals surface area (Å²) in [6.45, 7) is 11.2. The van der Waals surface area contributed by atoms with E-state index in [2.05, 4.69) is 35.4 Å². The smallest absolute Gasteiger partial charge is 0.228 e. The number of aliphatic hydroxyl groups is 1. The van der Waals surface area contributed by atoms with Crippen LogP contribution in [0.25, 0.3) is 33.1 Å². The minimum atomic E-state index is -1.11. The van der Waals surface area contributed by atoms with Crippen molar-refractivity contribution in [3.8, 4) is 17.0 Å². The third-order valence-electron chi connectivity index (χ3n) is 15.0. The number of aromatic nitrogens is 6. The number of hydrogen-bond acceptors (Lipinski definition) is 12. The normalized spacial score (nSPS) is 18.2. The molecule has 4 aromatic heterocycles. The Hall–Kier alpha value is -6.30. The Morgan fingerprint density at radius 3 is 2.31 bits per heavy atom. The number of halogens is 2. The molecule has 1 unspecified atom stereocenters. The molecule has 2 atom stereocenters. The molecule has 2 aromatic carbocycles. The first-order valence-electron chi connectivity index (χ1n) is 25.0. The molecule has 0 radical (unpaired) electrons. The number of benzene rings is 2. The van der Waals surface area contributed by atoms with Crippen molar-refractivity contribution in [3.05, 3.63) is 88.4 Å². The molecule has 10 rings (SSSR count). The number of ether oxygens (including phenoxy) is 1. The van der Waals surface area contributed by atoms with Crippen LogP contribution in [0.5, 0.6) is 5.75 Å². The third kappa shape index (κ3) is 10.1. The van der Waals surface area contributed by atoms with Gasteiger partial charge in [-0.2, -0.15) is 10.2 Å². The van der Waals surface area contributed by atoms with E-state index in [1.165, 1.54) is 0 Å². The third-order valence-corrected chi connectivity index (χ3v) is 15.6. The largest absolute Gasteiger partial charge is 0.486 e. The van der Waals surface area contributed by atoms with E-state index in [4.69, 9.17) is 32.9 Å². The molecule has 19 heteroatoms. The first-order valence-corrected chi connectivity index (χ1v) is 25.8. The van der Waals surface area contributed by atoms with Crippen LogP contribution in [0.3, 0.4) is 0 Å². The number of likely N-dealkylation sites (tertiary alicyclic amines) is 2. The van der Waals surface area contributed by atoms with Crippen LogP contribution in [0.2, 0.25) is 10.0 Å². The number of rotatable bonds is 14. The van der Waals surface area contributed by atoms with Crippen molar-refractivity contribution in [3.63, 3.8) is 0 Å². The lowest BCUT2D eigenvalue weighted by molar-refractivity contribution is -0.153. The van der Waals surface area contributed by atoms with E-state index in [0.29, 0.717) is 85.3 Å². The van der Waals surface area contributed by atoms with Crippen molar-refractivity contribution in [2.45, 2.75) is 83.3 Å². The molecule has 17 nitrogen and oxygen atoms in total. The number of nitrogens with one attached hydrogen (secondary N) is 2. The number of nitrogens with zero attached hydrogens (tertiary/aromatic N) is 9. The fraction of sp³-hybridized carbons (Fsp3) is 0.472. The van der Waals surface area contributed by atoms with Crippen LogP contribution in [0.15, 0.2) is 67.1 Å². The maximum Gasteiger partial charge on any atom is 0.228 e. The summed E-state index contributed by atoms with van der Waals surface area (Å²) in [4.78, 5) is 68.1. The molecule has 3 amide bonds. The molecule has 0 aliphatic carbocycles. The molecule has 8 heterocycles. The van der Waals surface area contributed by atoms with Crippen molar-refractivity contribution in [2.75, 3.05) is 69.2 Å². The molecule has 1 spiro atoms. The van der Waals surface area contributed by atoms with E-state index in [0.717, 1.165) is 77.0 Å². The van der Waals surface area contributed by atoms with Gasteiger partial charge in [0.2, 0.25) is 17.7 Å². The number of pyridine rings is 2. The van der Waals surface area contributed by atoms with Crippen molar-refractivity contribution in [1.29, 1.82) is 0 Å². The average Bonchev–Trinajstić information content (AvgIpc) is 3.93. The van der Waals surface area contributed by atoms with Gasteiger partial charge in [-0.25, -0.2) is 4.98 Å². The molecule has 0 saturated carbocycles. The highest BCUT2D eigenvalue weighted by Crippen LogP contribution is 2.43. The monoisotopic (exact) mass is 1020 g/mol. The topological polar surface area (TPSA) is 195 Å². The molecule has 6 aromatic rings. The van der Waals surface area contributed by atoms with Gasteiger partial charge in [-0.3, -0.25) is 29.1 Å². The number of aldehydes is 1. The Kier molecular flexibility index (Phi) is 14.8. The molecule has 0 bridgehead atoms. The molecular weight excluding hydrogens is 958 g/mol. The summed E-state index contributed by atoms with van der Waals surface area (Å²) in [5.74, 6) is 0.824. The van der Waals surface area contributed by atoms with Gasteiger partial charge in [-0.05, 0) is 87.6 Å². The van der Waals surface area contributed by atoms with Gasteiger partial charge in [0.25, 0.3) is 0 Å². The molecule has 3 N–H and O–H groups in total. The number of hydrogen-bond donors (Lipinski definition) is 3. The predicted octanol–water partition coefficient (Wildman–Crippen LogP) is 7.50. The second kappa shape index (κ2) is 21.0. The highest BCUT2D eigenvalue weighted by molar-refractivity contribution is 6.35. The number of aryl methyl sites for hydroxylation is 1. The number of aromatic amines is 1. The lowest BCUT2D eigenvalue weighted by atomic mass is 9.72. The summed E-state index contributed by atoms with van der Waals surface area (Å²) in [6.07, 6.45) is 8.20. The number of H-pyrrole nitrogens is 1. The minimum Gasteiger partial charge on any atom is -0.486 e. The van der Waals surface area contributed by atoms with Crippen LogP contribution in [0, 0.1) is 11.3 Å². The fourth-order valence-corrected chi connectivity index (χ4v) is 11.7. The molecule has 4 fully saturated rings. The van der Waals surface area contributed by atoms with Crippen LogP contribution >= 0.6 is 23.2 Å². The SMILES string of the molecule is CC.CNC(=O)C(CCC=O)c1nn(C)c2cc(N3CCC(O)(CC(=O)N4CCC(C(=O)N5CC6(C5)CN(c5ccc(-c7n[nH]c8ccc(O[C@H](C)c9c(Cl)cncc9Cl)cc78)cn5)C6)CC4)CC3)ccc12. The maximum atomic E-state index is 13.7. The van der Waals surface area contributed by atoms with E-state index >= 15 is 0 Å². The highest BCUT2D eigenvalue weighted by atomic mass is 35.5. The van der Waals surface area contributed by atoms with Gasteiger partial charge < -0.3 is 39.6 Å². The lowest BCUT2D eigenvalue weighted by Crippen LogP contribution is -2.73. The van der Waals surface area contributed by atoms with E-state index in [1.54, 1.807) is 24.1 Å². The summed E-state index contributed by atoms with van der Waals surface area (Å²) in [7, 11) is 3.43. The quantitative estimate of drug-likeness (QED) is 0.0912. The maximum absolute atomic E-state index is 13.7. The summed E-state index contributed by atoms with van der Waals surface area (Å²) in [5, 5.41) is 29.3. The van der Waals surface area contributed by atoms with E-state index in [1.807, 2.05) is 92.3 Å². The molecule has 4 aliphatic heterocycles. The second-order valence-corrected chi connectivity index (χ2v) is 20.5. The Bertz CT molecular complexity index is 2930. The summed E-state index contributed by atoms with van der Waals surface area (Å²) in [5.41, 5.74) is 4.64. The predicted molar refractivity (Wildman–Crippen MR) is 278 cm³/mol. The summed E-state index contributed by atoms with van der Waals surface area (Å²) < 4.78 is 8.02. The number of likely N-dealkylation sites (N-methyl/N-ethyl adjacent to an activating group) is 1. The number of fused-ring (bicyclic) bond motifs is 2. The number of piperidine rings is 2. The average molecular weight is 1020 g/mol. The Morgan fingerprint density at radius 2 is 1.64 bits per heavy atom. The van der Waals surface area contributed by atoms with Gasteiger partial charge >= 0.3 is 0 Å². The van der Waals surface area contributed by atoms with Crippen LogP contribution in [0.4, 0.5) is 11.5 Å². The van der Waals surface area contributed by atoms with Crippen molar-refractivity contribution >= 4 is 80.5 Å². The van der Waals surface area contributed by atoms with Crippen molar-refractivity contribution in [2.24, 2.45) is 18.4 Å². The van der Waals surface area contributed by atoms with Gasteiger partial charge in [-0.15, -0.1) is 0 Å². The summed E-state index contributed by atoms with van der Waals surface area (Å²) >= 11 is 12.8. The first kappa shape index (κ1) is 50.6. The van der Waals surface area contributed by atoms with Gasteiger partial charge in [0.15, 0.2) is 0 Å². The number of carbonyl (C=O) groups is 4. The van der Waals surface area contributed by atoms with Crippen LogP contribution in [-0.4, -0.2) is 134 Å². The zero-order valence-electron chi connectivity index (χ0n) is 41.5. The Balaban J connectivity index is 0.00000316. The Morgan fingerprint density at radius 1 is 0.917 bits per heavy atom. The molecule has 380 valence electrons. The van der Waals surface area contributed by atoms with Gasteiger partial charge in [0, 0.05) is 130 Å². The molecule has 4 aliphatic rings. The van der Waals surface area contributed by atoms with E-state index in [-0.39, 0.29) is 41.9 Å².